The second-order valence-electron chi connectivity index (χ2n) is 16.3. The molecule has 2 saturated heterocycles. The molecule has 1 aromatic heterocycles. The van der Waals surface area contributed by atoms with Crippen molar-refractivity contribution in [3.63, 3.8) is 0 Å². The van der Waals surface area contributed by atoms with Gasteiger partial charge in [-0.25, -0.2) is 4.98 Å². The fourth-order valence-corrected chi connectivity index (χ4v) is 9.52. The van der Waals surface area contributed by atoms with Gasteiger partial charge in [0.15, 0.2) is 0 Å². The number of aliphatic hydroxyl groups excluding tert-OH is 1. The molecule has 7 atom stereocenters. The maximum absolute atomic E-state index is 16.3. The van der Waals surface area contributed by atoms with Gasteiger partial charge in [-0.1, -0.05) is 71.0 Å². The number of fused-ring (bicyclic) bond motifs is 4. The zero-order chi connectivity index (χ0) is 43.7. The highest BCUT2D eigenvalue weighted by molar-refractivity contribution is 5.88. The number of anilines is 1. The molecule has 4 aliphatic carbocycles. The van der Waals surface area contributed by atoms with Crippen molar-refractivity contribution in [1.29, 1.82) is 0 Å². The number of aromatic nitrogens is 2. The number of H-pyrrole nitrogens is 1. The minimum absolute atomic E-state index is 0.123. The number of nitrogens with two attached hydrogens (primary N) is 1. The number of rotatable bonds is 8. The molecule has 0 radical (unpaired) electrons. The van der Waals surface area contributed by atoms with Gasteiger partial charge in [0, 0.05) is 59.3 Å². The van der Waals surface area contributed by atoms with E-state index < -0.39 is 12.0 Å². The van der Waals surface area contributed by atoms with Gasteiger partial charge in [0.1, 0.15) is 25.0 Å². The molecular weight excluding hydrogens is 747 g/mol. The van der Waals surface area contributed by atoms with Gasteiger partial charge in [0.25, 0.3) is 5.92 Å². The summed E-state index contributed by atoms with van der Waals surface area (Å²) in [5.74, 6) is -1.43. The number of halogens is 2. The Hall–Kier alpha value is -4.03. The predicted octanol–water partition coefficient (Wildman–Crippen LogP) is 9.48. The summed E-state index contributed by atoms with van der Waals surface area (Å²) in [6.07, 6.45) is 14.1. The second kappa shape index (κ2) is 21.0. The van der Waals surface area contributed by atoms with Gasteiger partial charge >= 0.3 is 0 Å². The van der Waals surface area contributed by atoms with E-state index in [4.69, 9.17) is 14.9 Å². The molecule has 4 fully saturated rings. The Morgan fingerprint density at radius 2 is 1.76 bits per heavy atom. The van der Waals surface area contributed by atoms with Crippen LogP contribution in [0.25, 0.3) is 16.7 Å². The van der Waals surface area contributed by atoms with Gasteiger partial charge in [-0.2, -0.15) is 8.78 Å². The molecule has 2 aromatic carbocycles. The number of aliphatic hydroxyl groups is 1. The monoisotopic (exact) mass is 817 g/mol. The third kappa shape index (κ3) is 10.1. The van der Waals surface area contributed by atoms with E-state index >= 15 is 8.78 Å². The first-order chi connectivity index (χ1) is 28.5. The normalized spacial score (nSPS) is 25.5. The molecule has 1 spiro atoms. The number of nitrogens with zero attached hydrogens (tertiary/aromatic N) is 2. The minimum atomic E-state index is -3.01. The maximum atomic E-state index is 16.3. The van der Waals surface area contributed by atoms with Crippen molar-refractivity contribution < 1.29 is 23.5 Å². The van der Waals surface area contributed by atoms with E-state index in [0.29, 0.717) is 53.8 Å². The van der Waals surface area contributed by atoms with Crippen LogP contribution in [0.3, 0.4) is 0 Å². The summed E-state index contributed by atoms with van der Waals surface area (Å²) in [7, 11) is 3.67. The molecule has 59 heavy (non-hydrogen) atoms. The lowest BCUT2D eigenvalue weighted by molar-refractivity contribution is -0.114. The number of aldehydes is 1. The topological polar surface area (TPSA) is 136 Å². The molecule has 6 aliphatic rings. The highest BCUT2D eigenvalue weighted by Gasteiger charge is 2.52. The molecule has 9 rings (SSSR count). The van der Waals surface area contributed by atoms with E-state index in [1.165, 1.54) is 44.7 Å². The number of aryl methyl sites for hydroxylation is 1. The first kappa shape index (κ1) is 47.6. The van der Waals surface area contributed by atoms with E-state index in [0.717, 1.165) is 47.2 Å². The van der Waals surface area contributed by atoms with Gasteiger partial charge in [0.2, 0.25) is 0 Å². The Morgan fingerprint density at radius 1 is 1.08 bits per heavy atom. The fraction of sp³-hybridized carbons (Fsp3) is 0.562. The second-order valence-corrected chi connectivity index (χ2v) is 16.3. The Labute approximate surface area is 351 Å². The summed E-state index contributed by atoms with van der Waals surface area (Å²) in [6.45, 7) is 17.2. The number of alkyl halides is 2. The average Bonchev–Trinajstić information content (AvgIpc) is 3.79. The van der Waals surface area contributed by atoms with Crippen LogP contribution in [0.5, 0.6) is 0 Å². The van der Waals surface area contributed by atoms with Crippen molar-refractivity contribution in [2.45, 2.75) is 142 Å². The Kier molecular flexibility index (Phi) is 16.9. The zero-order valence-electron chi connectivity index (χ0n) is 36.9. The maximum Gasteiger partial charge on any atom is 0.296 e. The van der Waals surface area contributed by atoms with Crippen molar-refractivity contribution in [3.05, 3.63) is 88.5 Å². The molecule has 2 saturated carbocycles. The Balaban J connectivity index is 0.000000490. The molecule has 0 amide bonds. The van der Waals surface area contributed by atoms with Crippen LogP contribution in [-0.2, 0) is 15.5 Å². The standard InChI is InChI=1S/C38H43F2N5.C4H8O2.2C2H6.CH5N.CH2O/c1-21-4-5-24(17-32(21)42-22(2)35-26-6-9-27(14-26)43-35)23-7-10-28-29-11-8-25(16-31(29)38(39,40)30(28)15-23)33-19-41-36(44-33)34-18-37(12-13-37)20-45(34)3;1-2-4(6)3-5;4*1-2/h4-5,7-8,10-11,15,17,19,22,25-27,34-35,42-43H,6,9,12-14,16,18,20H2,1-3H3,(H,41,44);3-4,6H,2H2,1H3;2*1-2H3;2H2,1H3;1H2. The highest BCUT2D eigenvalue weighted by Crippen LogP contribution is 2.58. The van der Waals surface area contributed by atoms with Crippen LogP contribution in [0.15, 0.2) is 60.3 Å². The van der Waals surface area contributed by atoms with E-state index in [-0.39, 0.29) is 23.1 Å². The van der Waals surface area contributed by atoms with Crippen LogP contribution in [0.1, 0.15) is 133 Å². The number of imidazole rings is 1. The molecule has 324 valence electrons. The Morgan fingerprint density at radius 3 is 2.34 bits per heavy atom. The lowest BCUT2D eigenvalue weighted by Gasteiger charge is -2.30. The van der Waals surface area contributed by atoms with Crippen LogP contribution in [-0.4, -0.2) is 77.9 Å². The summed E-state index contributed by atoms with van der Waals surface area (Å²) in [5.41, 5.74) is 11.6. The van der Waals surface area contributed by atoms with E-state index in [1.54, 1.807) is 13.0 Å². The molecule has 2 bridgehead atoms. The lowest BCUT2D eigenvalue weighted by atomic mass is 9.87. The molecule has 6 N–H and O–H groups in total. The highest BCUT2D eigenvalue weighted by atomic mass is 19.3. The minimum Gasteiger partial charge on any atom is -0.386 e. The summed E-state index contributed by atoms with van der Waals surface area (Å²) in [6, 6.07) is 13.7. The molecule has 3 aromatic rings. The number of hydrogen-bond acceptors (Lipinski definition) is 8. The van der Waals surface area contributed by atoms with Crippen LogP contribution >= 0.6 is 0 Å². The number of hydrogen-bond donors (Lipinski definition) is 5. The van der Waals surface area contributed by atoms with E-state index in [2.05, 4.69) is 71.4 Å². The summed E-state index contributed by atoms with van der Waals surface area (Å²) >= 11 is 0. The van der Waals surface area contributed by atoms with Crippen LogP contribution in [0.2, 0.25) is 0 Å². The van der Waals surface area contributed by atoms with Crippen molar-refractivity contribution in [1.82, 2.24) is 20.2 Å². The SMILES string of the molecule is C=O.CC.CC.CCC(O)C=O.CN.Cc1ccc(-c2ccc3c(c2)C(F)(F)C2=C3C=CC(c3cnc(C4CC5(CC5)CN4C)[nH]3)C2)cc1NC(C)C1NC2CCC1C2. The van der Waals surface area contributed by atoms with Crippen LogP contribution in [0, 0.1) is 18.3 Å². The average molecular weight is 817 g/mol. The predicted molar refractivity (Wildman–Crippen MR) is 238 cm³/mol. The number of likely N-dealkylation sites (tertiary alicyclic amines) is 1. The van der Waals surface area contributed by atoms with Crippen molar-refractivity contribution in [2.75, 3.05) is 26.0 Å². The van der Waals surface area contributed by atoms with Gasteiger partial charge < -0.3 is 36.0 Å². The van der Waals surface area contributed by atoms with Crippen molar-refractivity contribution in [2.24, 2.45) is 17.1 Å². The number of benzene rings is 2. The molecule has 3 heterocycles. The van der Waals surface area contributed by atoms with Crippen LogP contribution in [0.4, 0.5) is 14.5 Å². The first-order valence-electron chi connectivity index (χ1n) is 21.8. The van der Waals surface area contributed by atoms with Crippen molar-refractivity contribution in [3.8, 4) is 11.1 Å². The van der Waals surface area contributed by atoms with Gasteiger partial charge in [-0.3, -0.25) is 4.90 Å². The fourth-order valence-electron chi connectivity index (χ4n) is 9.52. The van der Waals surface area contributed by atoms with E-state index in [1.807, 2.05) is 58.9 Å². The smallest absolute Gasteiger partial charge is 0.296 e. The zero-order valence-corrected chi connectivity index (χ0v) is 36.9. The molecule has 2 aliphatic heterocycles. The van der Waals surface area contributed by atoms with Gasteiger partial charge in [-0.15, -0.1) is 0 Å². The number of piperidine rings is 1. The first-order valence-corrected chi connectivity index (χ1v) is 21.8. The number of allylic oxidation sites excluding steroid dienone is 4. The summed E-state index contributed by atoms with van der Waals surface area (Å²) < 4.78 is 32.5. The van der Waals surface area contributed by atoms with Gasteiger partial charge in [-0.05, 0) is 131 Å². The molecular formula is C48H70F2N6O3. The third-order valence-corrected chi connectivity index (χ3v) is 12.8. The number of carbonyl (C=O) groups is 2. The summed E-state index contributed by atoms with van der Waals surface area (Å²) in [4.78, 5) is 28.2. The molecule has 9 nitrogen and oxygen atoms in total. The van der Waals surface area contributed by atoms with E-state index in [9.17, 15) is 4.79 Å². The van der Waals surface area contributed by atoms with Gasteiger partial charge in [0.05, 0.1) is 6.04 Å². The largest absolute Gasteiger partial charge is 0.386 e. The lowest BCUT2D eigenvalue weighted by Crippen LogP contribution is -2.46. The molecule has 7 unspecified atom stereocenters. The van der Waals surface area contributed by atoms with Crippen LogP contribution < -0.4 is 16.4 Å². The quantitative estimate of drug-likeness (QED) is 0.142. The number of carbonyl (C=O) groups excluding carboxylic acids is 2. The Bertz CT molecular complexity index is 1900. The summed E-state index contributed by atoms with van der Waals surface area (Å²) in [5, 5.41) is 15.9. The van der Waals surface area contributed by atoms with Crippen molar-refractivity contribution >= 4 is 24.3 Å². The number of nitrogens with one attached hydrogen (secondary N) is 3. The molecule has 11 heteroatoms. The number of aromatic amines is 1. The third-order valence-electron chi connectivity index (χ3n) is 12.8.